The number of halogens is 1. The first-order chi connectivity index (χ1) is 8.20. The monoisotopic (exact) mass is 296 g/mol. The molecule has 0 spiro atoms. The Bertz CT molecular complexity index is 482. The second-order valence-electron chi connectivity index (χ2n) is 3.60. The summed E-state index contributed by atoms with van der Waals surface area (Å²) in [5.41, 5.74) is 0.701. The highest BCUT2D eigenvalue weighted by atomic mass is 79.9. The van der Waals surface area contributed by atoms with Crippen LogP contribution in [-0.4, -0.2) is 21.7 Å². The minimum absolute atomic E-state index is 0.0525. The van der Waals surface area contributed by atoms with Gasteiger partial charge in [-0.2, -0.15) is 4.98 Å². The molecule has 1 unspecified atom stereocenters. The molecule has 2 aromatic rings. The zero-order valence-corrected chi connectivity index (χ0v) is 11.2. The Kier molecular flexibility index (Phi) is 3.86. The van der Waals surface area contributed by atoms with Gasteiger partial charge in [-0.3, -0.25) is 4.98 Å². The fraction of sp³-hybridized carbons (Fsp3) is 0.364. The van der Waals surface area contributed by atoms with Crippen LogP contribution in [0, 0.1) is 0 Å². The summed E-state index contributed by atoms with van der Waals surface area (Å²) in [6.07, 6.45) is 1.71. The summed E-state index contributed by atoms with van der Waals surface area (Å²) >= 11 is 3.33. The van der Waals surface area contributed by atoms with Gasteiger partial charge >= 0.3 is 0 Å². The molecule has 0 amide bonds. The van der Waals surface area contributed by atoms with Crippen molar-refractivity contribution in [2.75, 3.05) is 6.54 Å². The van der Waals surface area contributed by atoms with Gasteiger partial charge in [-0.1, -0.05) is 12.1 Å². The lowest BCUT2D eigenvalue weighted by molar-refractivity contribution is 0.342. The molecule has 0 radical (unpaired) electrons. The maximum atomic E-state index is 5.19. The highest BCUT2D eigenvalue weighted by Gasteiger charge is 2.14. The number of hydrogen-bond donors (Lipinski definition) is 1. The molecule has 0 saturated heterocycles. The largest absolute Gasteiger partial charge is 0.337 e. The zero-order chi connectivity index (χ0) is 12.3. The SMILES string of the molecule is CCNC(C)c1nc(-c2ccc(Br)cn2)no1. The first-order valence-electron chi connectivity index (χ1n) is 5.39. The van der Waals surface area contributed by atoms with Crippen molar-refractivity contribution in [3.63, 3.8) is 0 Å². The Labute approximate surface area is 108 Å². The van der Waals surface area contributed by atoms with Crippen molar-refractivity contribution in [3.8, 4) is 11.5 Å². The van der Waals surface area contributed by atoms with E-state index in [0.29, 0.717) is 17.4 Å². The van der Waals surface area contributed by atoms with E-state index in [-0.39, 0.29) is 6.04 Å². The Morgan fingerprint density at radius 2 is 2.29 bits per heavy atom. The molecule has 1 N–H and O–H groups in total. The van der Waals surface area contributed by atoms with Crippen molar-refractivity contribution >= 4 is 15.9 Å². The number of nitrogens with one attached hydrogen (secondary N) is 1. The molecule has 17 heavy (non-hydrogen) atoms. The maximum absolute atomic E-state index is 5.19. The van der Waals surface area contributed by atoms with Crippen LogP contribution < -0.4 is 5.32 Å². The molecule has 2 rings (SSSR count). The van der Waals surface area contributed by atoms with Gasteiger partial charge in [-0.05, 0) is 41.5 Å². The minimum atomic E-state index is 0.0525. The molecule has 0 bridgehead atoms. The van der Waals surface area contributed by atoms with Crippen LogP contribution in [0.2, 0.25) is 0 Å². The fourth-order valence-corrected chi connectivity index (χ4v) is 1.65. The van der Waals surface area contributed by atoms with Gasteiger partial charge in [0.25, 0.3) is 0 Å². The highest BCUT2D eigenvalue weighted by molar-refractivity contribution is 9.10. The Morgan fingerprint density at radius 3 is 2.94 bits per heavy atom. The first-order valence-corrected chi connectivity index (χ1v) is 6.19. The van der Waals surface area contributed by atoms with Crippen LogP contribution in [0.25, 0.3) is 11.5 Å². The average Bonchev–Trinajstić information content (AvgIpc) is 2.80. The van der Waals surface area contributed by atoms with Gasteiger partial charge in [0.05, 0.1) is 6.04 Å². The van der Waals surface area contributed by atoms with Crippen molar-refractivity contribution in [1.82, 2.24) is 20.4 Å². The lowest BCUT2D eigenvalue weighted by atomic mass is 10.3. The van der Waals surface area contributed by atoms with Gasteiger partial charge in [-0.25, -0.2) is 0 Å². The van der Waals surface area contributed by atoms with Crippen molar-refractivity contribution < 1.29 is 4.52 Å². The normalized spacial score (nSPS) is 12.6. The summed E-state index contributed by atoms with van der Waals surface area (Å²) in [7, 11) is 0. The molecular formula is C11H13BrN4O. The van der Waals surface area contributed by atoms with E-state index in [4.69, 9.17) is 4.52 Å². The quantitative estimate of drug-likeness (QED) is 0.939. The van der Waals surface area contributed by atoms with Crippen LogP contribution in [0.5, 0.6) is 0 Å². The topological polar surface area (TPSA) is 63.8 Å². The summed E-state index contributed by atoms with van der Waals surface area (Å²) in [5.74, 6) is 1.09. The van der Waals surface area contributed by atoms with Gasteiger partial charge in [0.1, 0.15) is 5.69 Å². The fourth-order valence-electron chi connectivity index (χ4n) is 1.42. The van der Waals surface area contributed by atoms with E-state index in [1.807, 2.05) is 26.0 Å². The van der Waals surface area contributed by atoms with E-state index in [9.17, 15) is 0 Å². The third-order valence-corrected chi connectivity index (χ3v) is 2.75. The van der Waals surface area contributed by atoms with Gasteiger partial charge in [0.15, 0.2) is 0 Å². The molecule has 5 nitrogen and oxygen atoms in total. The van der Waals surface area contributed by atoms with E-state index >= 15 is 0 Å². The molecule has 0 aliphatic heterocycles. The third-order valence-electron chi connectivity index (χ3n) is 2.28. The second-order valence-corrected chi connectivity index (χ2v) is 4.51. The summed E-state index contributed by atoms with van der Waals surface area (Å²) in [6, 6.07) is 3.79. The molecule has 0 aromatic carbocycles. The molecule has 0 aliphatic rings. The van der Waals surface area contributed by atoms with Gasteiger partial charge in [-0.15, -0.1) is 0 Å². The van der Waals surface area contributed by atoms with E-state index in [1.54, 1.807) is 6.20 Å². The molecule has 1 atom stereocenters. The van der Waals surface area contributed by atoms with Gasteiger partial charge < -0.3 is 9.84 Å². The van der Waals surface area contributed by atoms with Crippen LogP contribution in [-0.2, 0) is 0 Å². The van der Waals surface area contributed by atoms with Crippen molar-refractivity contribution in [3.05, 3.63) is 28.7 Å². The van der Waals surface area contributed by atoms with Gasteiger partial charge in [0.2, 0.25) is 11.7 Å². The molecule has 6 heteroatoms. The van der Waals surface area contributed by atoms with E-state index in [0.717, 1.165) is 11.0 Å². The molecule has 0 fully saturated rings. The highest BCUT2D eigenvalue weighted by Crippen LogP contribution is 2.18. The lowest BCUT2D eigenvalue weighted by Crippen LogP contribution is -2.17. The van der Waals surface area contributed by atoms with Crippen molar-refractivity contribution in [1.29, 1.82) is 0 Å². The van der Waals surface area contributed by atoms with Crippen LogP contribution in [0.1, 0.15) is 25.8 Å². The number of nitrogens with zero attached hydrogens (tertiary/aromatic N) is 3. The minimum Gasteiger partial charge on any atom is -0.337 e. The summed E-state index contributed by atoms with van der Waals surface area (Å²) in [5, 5.41) is 7.13. The van der Waals surface area contributed by atoms with E-state index in [2.05, 4.69) is 36.4 Å². The number of pyridine rings is 1. The predicted molar refractivity (Wildman–Crippen MR) is 67.3 cm³/mol. The Morgan fingerprint density at radius 1 is 1.47 bits per heavy atom. The third kappa shape index (κ3) is 2.89. The van der Waals surface area contributed by atoms with Crippen LogP contribution in [0.4, 0.5) is 0 Å². The molecule has 90 valence electrons. The molecule has 2 heterocycles. The molecule has 2 aromatic heterocycles. The molecular weight excluding hydrogens is 284 g/mol. The maximum Gasteiger partial charge on any atom is 0.243 e. The number of aromatic nitrogens is 3. The van der Waals surface area contributed by atoms with Crippen molar-refractivity contribution in [2.45, 2.75) is 19.9 Å². The summed E-state index contributed by atoms with van der Waals surface area (Å²) < 4.78 is 6.11. The van der Waals surface area contributed by atoms with Crippen LogP contribution >= 0.6 is 15.9 Å². The van der Waals surface area contributed by atoms with Crippen molar-refractivity contribution in [2.24, 2.45) is 0 Å². The number of hydrogen-bond acceptors (Lipinski definition) is 5. The van der Waals surface area contributed by atoms with Crippen LogP contribution in [0.15, 0.2) is 27.3 Å². The predicted octanol–water partition coefficient (Wildman–Crippen LogP) is 2.56. The first kappa shape index (κ1) is 12.2. The Balaban J connectivity index is 2.20. The molecule has 0 aliphatic carbocycles. The number of rotatable bonds is 4. The standard InChI is InChI=1S/C11H13BrN4O/c1-3-13-7(2)11-15-10(16-17-11)9-5-4-8(12)6-14-9/h4-7,13H,3H2,1-2H3. The Hall–Kier alpha value is -1.27. The van der Waals surface area contributed by atoms with E-state index < -0.39 is 0 Å². The lowest BCUT2D eigenvalue weighted by Gasteiger charge is -2.04. The second kappa shape index (κ2) is 5.37. The van der Waals surface area contributed by atoms with Gasteiger partial charge in [0, 0.05) is 10.7 Å². The average molecular weight is 297 g/mol. The summed E-state index contributed by atoms with van der Waals surface area (Å²) in [4.78, 5) is 8.53. The smallest absolute Gasteiger partial charge is 0.243 e. The van der Waals surface area contributed by atoms with E-state index in [1.165, 1.54) is 0 Å². The molecule has 0 saturated carbocycles. The van der Waals surface area contributed by atoms with Crippen LogP contribution in [0.3, 0.4) is 0 Å². The zero-order valence-electron chi connectivity index (χ0n) is 9.64. The summed E-state index contributed by atoms with van der Waals surface area (Å²) in [6.45, 7) is 4.87.